The molecular formula is C24H25N7O. The highest BCUT2D eigenvalue weighted by Gasteiger charge is 2.17. The maximum Gasteiger partial charge on any atom is 0.258 e. The Morgan fingerprint density at radius 1 is 1.06 bits per heavy atom. The van der Waals surface area contributed by atoms with Crippen molar-refractivity contribution in [1.29, 1.82) is 0 Å². The molecule has 0 aliphatic rings. The lowest BCUT2D eigenvalue weighted by atomic mass is 10.0. The molecule has 1 unspecified atom stereocenters. The topological polar surface area (TPSA) is 89.5 Å². The van der Waals surface area contributed by atoms with Crippen LogP contribution < -0.4 is 5.32 Å². The number of carbonyl (C=O) groups is 1. The predicted molar refractivity (Wildman–Crippen MR) is 123 cm³/mol. The molecule has 8 heteroatoms. The molecule has 1 atom stereocenters. The fraction of sp³-hybridized carbons (Fsp3) is 0.292. The number of fused-ring (bicyclic) bond motifs is 6. The first-order valence-corrected chi connectivity index (χ1v) is 10.9. The third-order valence-electron chi connectivity index (χ3n) is 5.78. The summed E-state index contributed by atoms with van der Waals surface area (Å²) in [5, 5.41) is 17.3. The Labute approximate surface area is 185 Å². The number of para-hydroxylation sites is 1. The highest BCUT2D eigenvalue weighted by molar-refractivity contribution is 5.93. The van der Waals surface area contributed by atoms with Gasteiger partial charge in [0.2, 0.25) is 5.91 Å². The number of benzene rings is 2. The first kappa shape index (κ1) is 20.1. The zero-order valence-electron chi connectivity index (χ0n) is 18.2. The van der Waals surface area contributed by atoms with E-state index in [1.165, 1.54) is 5.56 Å². The minimum atomic E-state index is 0.0563. The summed E-state index contributed by atoms with van der Waals surface area (Å²) in [7, 11) is 0. The highest BCUT2D eigenvalue weighted by atomic mass is 16.1. The number of hydrogen-bond donors (Lipinski definition) is 1. The van der Waals surface area contributed by atoms with E-state index in [0.717, 1.165) is 22.4 Å². The second-order valence-corrected chi connectivity index (χ2v) is 8.13. The second kappa shape index (κ2) is 8.37. The van der Waals surface area contributed by atoms with Crippen molar-refractivity contribution in [2.24, 2.45) is 0 Å². The Kier molecular flexibility index (Phi) is 5.26. The molecule has 3 heterocycles. The van der Waals surface area contributed by atoms with Crippen molar-refractivity contribution in [2.45, 2.75) is 39.0 Å². The van der Waals surface area contributed by atoms with Crippen LogP contribution in [0, 0.1) is 6.92 Å². The molecule has 1 N–H and O–H groups in total. The maximum atomic E-state index is 12.4. The number of aryl methyl sites for hydroxylation is 2. The average molecular weight is 428 g/mol. The summed E-state index contributed by atoms with van der Waals surface area (Å²) in [6, 6.07) is 18.3. The standard InChI is InChI=1S/C24H25N7O/c1-16(18-9-4-3-5-10-18)15-25-22(32)14-8-13-21-27-28-24-30(21)20-12-7-6-11-19(20)23-26-17(2)29-31(23)24/h3-7,9-12,16H,8,13-15H2,1-2H3,(H,25,32). The zero-order chi connectivity index (χ0) is 22.1. The summed E-state index contributed by atoms with van der Waals surface area (Å²) >= 11 is 0. The number of nitrogens with zero attached hydrogens (tertiary/aromatic N) is 6. The SMILES string of the molecule is Cc1nc2c3ccccc3n3c(CCCC(=O)NCC(C)c4ccccc4)nnc3n2n1. The number of nitrogens with one attached hydrogen (secondary N) is 1. The van der Waals surface area contributed by atoms with Gasteiger partial charge in [-0.15, -0.1) is 15.3 Å². The number of aromatic nitrogens is 6. The molecule has 0 fully saturated rings. The molecule has 1 amide bonds. The second-order valence-electron chi connectivity index (χ2n) is 8.13. The van der Waals surface area contributed by atoms with E-state index in [0.29, 0.717) is 37.4 Å². The van der Waals surface area contributed by atoms with Gasteiger partial charge in [-0.3, -0.25) is 9.20 Å². The highest BCUT2D eigenvalue weighted by Crippen LogP contribution is 2.22. The lowest BCUT2D eigenvalue weighted by Crippen LogP contribution is -2.27. The fourth-order valence-corrected chi connectivity index (χ4v) is 4.10. The number of amides is 1. The maximum absolute atomic E-state index is 12.4. The summed E-state index contributed by atoms with van der Waals surface area (Å²) in [6.07, 6.45) is 1.78. The summed E-state index contributed by atoms with van der Waals surface area (Å²) < 4.78 is 3.76. The Bertz CT molecular complexity index is 1400. The van der Waals surface area contributed by atoms with Crippen LogP contribution in [0.1, 0.15) is 42.9 Å². The van der Waals surface area contributed by atoms with Gasteiger partial charge in [0.15, 0.2) is 5.65 Å². The minimum absolute atomic E-state index is 0.0563. The van der Waals surface area contributed by atoms with Gasteiger partial charge in [-0.1, -0.05) is 49.4 Å². The molecule has 0 saturated carbocycles. The molecule has 2 aromatic carbocycles. The van der Waals surface area contributed by atoms with Crippen LogP contribution in [-0.2, 0) is 11.2 Å². The summed E-state index contributed by atoms with van der Waals surface area (Å²) in [4.78, 5) is 16.9. The van der Waals surface area contributed by atoms with Gasteiger partial charge < -0.3 is 5.32 Å². The van der Waals surface area contributed by atoms with Crippen LogP contribution in [0.4, 0.5) is 0 Å². The van der Waals surface area contributed by atoms with E-state index in [1.54, 1.807) is 4.52 Å². The van der Waals surface area contributed by atoms with Gasteiger partial charge in [0.05, 0.1) is 5.52 Å². The molecule has 0 saturated heterocycles. The third kappa shape index (κ3) is 3.68. The van der Waals surface area contributed by atoms with Crippen LogP contribution in [0.3, 0.4) is 0 Å². The smallest absolute Gasteiger partial charge is 0.258 e. The van der Waals surface area contributed by atoms with Gasteiger partial charge >= 0.3 is 0 Å². The van der Waals surface area contributed by atoms with Gasteiger partial charge in [0.25, 0.3) is 5.78 Å². The van der Waals surface area contributed by atoms with Crippen LogP contribution in [0.5, 0.6) is 0 Å². The Balaban J connectivity index is 1.29. The normalized spacial score (nSPS) is 12.6. The summed E-state index contributed by atoms with van der Waals surface area (Å²) in [6.45, 7) is 4.62. The largest absolute Gasteiger partial charge is 0.356 e. The molecule has 162 valence electrons. The van der Waals surface area contributed by atoms with Gasteiger partial charge in [0.1, 0.15) is 11.6 Å². The van der Waals surface area contributed by atoms with E-state index >= 15 is 0 Å². The van der Waals surface area contributed by atoms with E-state index in [1.807, 2.05) is 53.8 Å². The summed E-state index contributed by atoms with van der Waals surface area (Å²) in [5.74, 6) is 2.47. The van der Waals surface area contributed by atoms with Crippen molar-refractivity contribution >= 4 is 28.2 Å². The number of hydrogen-bond acceptors (Lipinski definition) is 5. The van der Waals surface area contributed by atoms with Crippen molar-refractivity contribution in [3.8, 4) is 0 Å². The van der Waals surface area contributed by atoms with Crippen LogP contribution >= 0.6 is 0 Å². The first-order chi connectivity index (χ1) is 15.6. The van der Waals surface area contributed by atoms with E-state index in [-0.39, 0.29) is 11.8 Å². The van der Waals surface area contributed by atoms with Crippen LogP contribution in [0.15, 0.2) is 54.6 Å². The molecule has 0 radical (unpaired) electrons. The Morgan fingerprint density at radius 3 is 2.69 bits per heavy atom. The van der Waals surface area contributed by atoms with Gasteiger partial charge in [-0.05, 0) is 37.0 Å². The summed E-state index contributed by atoms with van der Waals surface area (Å²) in [5.41, 5.74) is 2.99. The first-order valence-electron chi connectivity index (χ1n) is 10.9. The lowest BCUT2D eigenvalue weighted by molar-refractivity contribution is -0.121. The number of carbonyl (C=O) groups excluding carboxylic acids is 1. The molecule has 8 nitrogen and oxygen atoms in total. The molecule has 5 aromatic rings. The molecule has 0 aliphatic heterocycles. The fourth-order valence-electron chi connectivity index (χ4n) is 4.10. The minimum Gasteiger partial charge on any atom is -0.356 e. The van der Waals surface area contributed by atoms with Crippen LogP contribution in [-0.4, -0.2) is 41.6 Å². The monoisotopic (exact) mass is 427 g/mol. The predicted octanol–water partition coefficient (Wildman–Crippen LogP) is 3.48. The van der Waals surface area contributed by atoms with Crippen molar-refractivity contribution < 1.29 is 4.79 Å². The quantitative estimate of drug-likeness (QED) is 0.430. The molecule has 0 aliphatic carbocycles. The molecule has 0 spiro atoms. The molecule has 0 bridgehead atoms. The van der Waals surface area contributed by atoms with E-state index < -0.39 is 0 Å². The molecule has 32 heavy (non-hydrogen) atoms. The van der Waals surface area contributed by atoms with Gasteiger partial charge in [-0.2, -0.15) is 4.52 Å². The van der Waals surface area contributed by atoms with E-state index in [4.69, 9.17) is 0 Å². The van der Waals surface area contributed by atoms with Crippen molar-refractivity contribution in [2.75, 3.05) is 6.54 Å². The van der Waals surface area contributed by atoms with Crippen molar-refractivity contribution in [3.05, 3.63) is 71.8 Å². The third-order valence-corrected chi connectivity index (χ3v) is 5.78. The van der Waals surface area contributed by atoms with Crippen molar-refractivity contribution in [1.82, 2.24) is 34.5 Å². The Morgan fingerprint density at radius 2 is 1.84 bits per heavy atom. The van der Waals surface area contributed by atoms with Gasteiger partial charge in [0, 0.05) is 24.8 Å². The zero-order valence-corrected chi connectivity index (χ0v) is 18.2. The molecule has 3 aromatic heterocycles. The van der Waals surface area contributed by atoms with Crippen LogP contribution in [0.25, 0.3) is 22.3 Å². The number of rotatable bonds is 7. The average Bonchev–Trinajstić information content (AvgIpc) is 3.42. The Hall–Kier alpha value is -3.81. The van der Waals surface area contributed by atoms with Crippen LogP contribution in [0.2, 0.25) is 0 Å². The lowest BCUT2D eigenvalue weighted by Gasteiger charge is -2.13. The molecule has 5 rings (SSSR count). The van der Waals surface area contributed by atoms with E-state index in [9.17, 15) is 4.79 Å². The van der Waals surface area contributed by atoms with Gasteiger partial charge in [-0.25, -0.2) is 4.98 Å². The van der Waals surface area contributed by atoms with Crippen molar-refractivity contribution in [3.63, 3.8) is 0 Å². The van der Waals surface area contributed by atoms with E-state index in [2.05, 4.69) is 44.7 Å². The molecular weight excluding hydrogens is 402 g/mol.